The molecule has 4 saturated carbocycles. The smallest absolute Gasteiger partial charge is 0.263 e. The molecule has 29 heavy (non-hydrogen) atoms. The largest absolute Gasteiger partial charge is 0.508 e. The van der Waals surface area contributed by atoms with E-state index in [0.29, 0.717) is 6.54 Å². The van der Waals surface area contributed by atoms with Gasteiger partial charge in [0.2, 0.25) is 0 Å². The lowest BCUT2D eigenvalue weighted by Gasteiger charge is -2.59. The van der Waals surface area contributed by atoms with Crippen LogP contribution in [0.5, 0.6) is 5.75 Å². The van der Waals surface area contributed by atoms with Gasteiger partial charge in [0.1, 0.15) is 17.4 Å². The monoisotopic (exact) mass is 393 g/mol. The SMILES string of the molecule is CC(NC(=O)/C(C#N)=C\NCCc1ccc(O)cc1)C12CC3CC(CC(C3)C1)C2. The van der Waals surface area contributed by atoms with Crippen molar-refractivity contribution >= 4 is 5.91 Å². The van der Waals surface area contributed by atoms with E-state index in [1.54, 1.807) is 12.1 Å². The van der Waals surface area contributed by atoms with Crippen molar-refractivity contribution in [3.05, 3.63) is 41.6 Å². The van der Waals surface area contributed by atoms with Gasteiger partial charge in [-0.1, -0.05) is 12.1 Å². The fourth-order valence-electron chi connectivity index (χ4n) is 6.34. The predicted octanol–water partition coefficient (Wildman–Crippen LogP) is 3.65. The summed E-state index contributed by atoms with van der Waals surface area (Å²) in [6.45, 7) is 2.76. The molecule has 0 aromatic heterocycles. The number of amides is 1. The normalized spacial score (nSPS) is 31.2. The van der Waals surface area contributed by atoms with E-state index in [4.69, 9.17) is 0 Å². The number of rotatable bonds is 7. The third-order valence-corrected chi connectivity index (χ3v) is 7.46. The molecule has 1 amide bonds. The van der Waals surface area contributed by atoms with Gasteiger partial charge in [0.25, 0.3) is 5.91 Å². The third kappa shape index (κ3) is 4.27. The Balaban J connectivity index is 1.31. The van der Waals surface area contributed by atoms with Crippen molar-refractivity contribution in [2.75, 3.05) is 6.54 Å². The first-order chi connectivity index (χ1) is 14.0. The van der Waals surface area contributed by atoms with Crippen molar-refractivity contribution in [1.29, 1.82) is 5.26 Å². The van der Waals surface area contributed by atoms with Gasteiger partial charge in [-0.05, 0) is 92.7 Å². The minimum atomic E-state index is -0.270. The highest BCUT2D eigenvalue weighted by atomic mass is 16.3. The number of nitrogens with zero attached hydrogens (tertiary/aromatic N) is 1. The fourth-order valence-corrected chi connectivity index (χ4v) is 6.34. The van der Waals surface area contributed by atoms with E-state index in [1.807, 2.05) is 18.2 Å². The van der Waals surface area contributed by atoms with Gasteiger partial charge in [-0.3, -0.25) is 4.79 Å². The highest BCUT2D eigenvalue weighted by molar-refractivity contribution is 5.97. The van der Waals surface area contributed by atoms with Gasteiger partial charge in [0.15, 0.2) is 0 Å². The van der Waals surface area contributed by atoms with E-state index in [-0.39, 0.29) is 28.7 Å². The van der Waals surface area contributed by atoms with Gasteiger partial charge < -0.3 is 15.7 Å². The van der Waals surface area contributed by atoms with E-state index in [2.05, 4.69) is 17.6 Å². The van der Waals surface area contributed by atoms with Crippen molar-refractivity contribution in [2.45, 2.75) is 57.9 Å². The van der Waals surface area contributed by atoms with E-state index in [0.717, 1.165) is 29.7 Å². The Hall–Kier alpha value is -2.48. The van der Waals surface area contributed by atoms with Crippen LogP contribution in [0.4, 0.5) is 0 Å². The molecule has 5 nitrogen and oxygen atoms in total. The van der Waals surface area contributed by atoms with Crippen LogP contribution in [-0.2, 0) is 11.2 Å². The zero-order valence-electron chi connectivity index (χ0n) is 17.2. The van der Waals surface area contributed by atoms with Gasteiger partial charge in [-0.15, -0.1) is 0 Å². The molecule has 4 bridgehead atoms. The summed E-state index contributed by atoms with van der Waals surface area (Å²) >= 11 is 0. The second-order valence-corrected chi connectivity index (χ2v) is 9.52. The molecular formula is C24H31N3O2. The molecular weight excluding hydrogens is 362 g/mol. The Morgan fingerprint density at radius 1 is 1.21 bits per heavy atom. The molecule has 154 valence electrons. The lowest BCUT2D eigenvalue weighted by Crippen LogP contribution is -2.56. The van der Waals surface area contributed by atoms with Crippen LogP contribution in [0.1, 0.15) is 51.0 Å². The Kier molecular flexibility index (Phi) is 5.54. The first kappa shape index (κ1) is 19.8. The summed E-state index contributed by atoms with van der Waals surface area (Å²) < 4.78 is 0. The topological polar surface area (TPSA) is 85.2 Å². The number of aromatic hydroxyl groups is 1. The van der Waals surface area contributed by atoms with Crippen LogP contribution in [0, 0.1) is 34.5 Å². The van der Waals surface area contributed by atoms with Crippen molar-refractivity contribution < 1.29 is 9.90 Å². The van der Waals surface area contributed by atoms with Gasteiger partial charge in [-0.2, -0.15) is 5.26 Å². The van der Waals surface area contributed by atoms with E-state index < -0.39 is 0 Å². The molecule has 1 atom stereocenters. The van der Waals surface area contributed by atoms with Gasteiger partial charge in [-0.25, -0.2) is 0 Å². The lowest BCUT2D eigenvalue weighted by atomic mass is 9.48. The van der Waals surface area contributed by atoms with Gasteiger partial charge >= 0.3 is 0 Å². The average Bonchev–Trinajstić information content (AvgIpc) is 2.68. The lowest BCUT2D eigenvalue weighted by molar-refractivity contribution is -0.122. The molecule has 0 spiro atoms. The van der Waals surface area contributed by atoms with E-state index >= 15 is 0 Å². The average molecular weight is 394 g/mol. The van der Waals surface area contributed by atoms with Crippen LogP contribution in [0.3, 0.4) is 0 Å². The van der Waals surface area contributed by atoms with E-state index in [1.165, 1.54) is 44.7 Å². The zero-order chi connectivity index (χ0) is 20.4. The number of carbonyl (C=O) groups excluding carboxylic acids is 1. The Morgan fingerprint density at radius 3 is 2.34 bits per heavy atom. The number of nitriles is 1. The van der Waals surface area contributed by atoms with Crippen LogP contribution >= 0.6 is 0 Å². The molecule has 4 aliphatic rings. The third-order valence-electron chi connectivity index (χ3n) is 7.46. The molecule has 0 aliphatic heterocycles. The number of hydrogen-bond acceptors (Lipinski definition) is 4. The highest BCUT2D eigenvalue weighted by Crippen LogP contribution is 2.61. The first-order valence-electron chi connectivity index (χ1n) is 10.9. The van der Waals surface area contributed by atoms with Gasteiger partial charge in [0.05, 0.1) is 0 Å². The van der Waals surface area contributed by atoms with Crippen molar-refractivity contribution in [3.8, 4) is 11.8 Å². The number of benzene rings is 1. The number of phenolic OH excluding ortho intramolecular Hbond substituents is 1. The minimum absolute atomic E-state index is 0.108. The Morgan fingerprint density at radius 2 is 1.79 bits per heavy atom. The summed E-state index contributed by atoms with van der Waals surface area (Å²) in [5, 5.41) is 25.0. The number of nitrogens with one attached hydrogen (secondary N) is 2. The van der Waals surface area contributed by atoms with E-state index in [9.17, 15) is 15.2 Å². The van der Waals surface area contributed by atoms with Crippen LogP contribution < -0.4 is 10.6 Å². The first-order valence-corrected chi connectivity index (χ1v) is 10.9. The molecule has 0 radical (unpaired) electrons. The molecule has 5 heteroatoms. The van der Waals surface area contributed by atoms with Crippen molar-refractivity contribution in [2.24, 2.45) is 23.2 Å². The molecule has 5 rings (SSSR count). The maximum Gasteiger partial charge on any atom is 0.263 e. The molecule has 0 heterocycles. The quantitative estimate of drug-likeness (QED) is 0.375. The molecule has 1 aromatic rings. The number of carbonyl (C=O) groups is 1. The molecule has 0 saturated heterocycles. The fraction of sp³-hybridized carbons (Fsp3) is 0.583. The van der Waals surface area contributed by atoms with Crippen molar-refractivity contribution in [1.82, 2.24) is 10.6 Å². The molecule has 4 fully saturated rings. The summed E-state index contributed by atoms with van der Waals surface area (Å²) in [6, 6.07) is 9.20. The van der Waals surface area contributed by atoms with Crippen LogP contribution in [0.25, 0.3) is 0 Å². The second-order valence-electron chi connectivity index (χ2n) is 9.52. The summed E-state index contributed by atoms with van der Waals surface area (Å²) in [6.07, 6.45) is 10.1. The summed E-state index contributed by atoms with van der Waals surface area (Å²) in [4.78, 5) is 12.7. The second kappa shape index (κ2) is 8.10. The molecule has 1 aromatic carbocycles. The van der Waals surface area contributed by atoms with Crippen LogP contribution in [-0.4, -0.2) is 23.6 Å². The maximum atomic E-state index is 12.7. The Labute approximate surface area is 173 Å². The molecule has 4 aliphatic carbocycles. The van der Waals surface area contributed by atoms with Gasteiger partial charge in [0, 0.05) is 18.8 Å². The number of hydrogen-bond donors (Lipinski definition) is 3. The highest BCUT2D eigenvalue weighted by Gasteiger charge is 2.53. The minimum Gasteiger partial charge on any atom is -0.508 e. The van der Waals surface area contributed by atoms with Crippen LogP contribution in [0.2, 0.25) is 0 Å². The summed E-state index contributed by atoms with van der Waals surface area (Å²) in [7, 11) is 0. The van der Waals surface area contributed by atoms with Crippen LogP contribution in [0.15, 0.2) is 36.0 Å². The zero-order valence-corrected chi connectivity index (χ0v) is 17.2. The number of phenols is 1. The summed E-state index contributed by atoms with van der Waals surface area (Å²) in [5.41, 5.74) is 1.45. The summed E-state index contributed by atoms with van der Waals surface area (Å²) in [5.74, 6) is 2.50. The standard InChI is InChI=1S/C24H31N3O2/c1-16(24-11-18-8-19(12-24)10-20(9-18)13-24)27-23(29)21(14-25)15-26-7-6-17-2-4-22(28)5-3-17/h2-5,15-16,18-20,26,28H,6-13H2,1H3,(H,27,29)/b21-15-. The Bertz CT molecular complexity index is 786. The predicted molar refractivity (Wildman–Crippen MR) is 112 cm³/mol. The van der Waals surface area contributed by atoms with Crippen molar-refractivity contribution in [3.63, 3.8) is 0 Å². The maximum absolute atomic E-state index is 12.7. The molecule has 3 N–H and O–H groups in total. The molecule has 1 unspecified atom stereocenters.